The number of halogens is 2. The third-order valence-electron chi connectivity index (χ3n) is 1.82. The van der Waals surface area contributed by atoms with E-state index in [4.69, 9.17) is 10.8 Å². The number of hydrogen-bond donors (Lipinski definition) is 2. The summed E-state index contributed by atoms with van der Waals surface area (Å²) in [6, 6.07) is 4.43. The zero-order valence-electron chi connectivity index (χ0n) is 7.15. The Kier molecular flexibility index (Phi) is 2.81. The van der Waals surface area contributed by atoms with Gasteiger partial charge in [0, 0.05) is 5.56 Å². The van der Waals surface area contributed by atoms with Gasteiger partial charge in [-0.2, -0.15) is 8.78 Å². The van der Waals surface area contributed by atoms with Gasteiger partial charge >= 0.3 is 5.97 Å². The Hall–Kier alpha value is -1.49. The molecule has 1 unspecified atom stereocenters. The lowest BCUT2D eigenvalue weighted by Gasteiger charge is -2.20. The molecule has 14 heavy (non-hydrogen) atoms. The number of carboxylic acids is 1. The summed E-state index contributed by atoms with van der Waals surface area (Å²) in [4.78, 5) is 10.3. The van der Waals surface area contributed by atoms with Crippen molar-refractivity contribution in [1.29, 1.82) is 0 Å². The molecule has 0 spiro atoms. The van der Waals surface area contributed by atoms with Crippen LogP contribution in [-0.2, 0) is 10.7 Å². The topological polar surface area (TPSA) is 63.3 Å². The van der Waals surface area contributed by atoms with Crippen molar-refractivity contribution < 1.29 is 18.7 Å². The molecule has 5 heteroatoms. The van der Waals surface area contributed by atoms with E-state index in [1.54, 1.807) is 6.07 Å². The lowest BCUT2D eigenvalue weighted by molar-refractivity contribution is -0.149. The summed E-state index contributed by atoms with van der Waals surface area (Å²) in [7, 11) is 0. The number of nitrogens with two attached hydrogens (primary N) is 1. The van der Waals surface area contributed by atoms with E-state index in [2.05, 4.69) is 0 Å². The minimum Gasteiger partial charge on any atom is -0.480 e. The number of aliphatic carboxylic acids is 1. The molecule has 1 aromatic carbocycles. The Balaban J connectivity index is 3.02. The lowest BCUT2D eigenvalue weighted by Crippen LogP contribution is -2.45. The first-order valence-corrected chi connectivity index (χ1v) is 3.88. The van der Waals surface area contributed by atoms with Gasteiger partial charge in [0.15, 0.2) is 6.04 Å². The van der Waals surface area contributed by atoms with E-state index < -0.39 is 23.5 Å². The van der Waals surface area contributed by atoms with Crippen LogP contribution in [0.2, 0.25) is 0 Å². The first kappa shape index (κ1) is 10.6. The fraction of sp³-hybridized carbons (Fsp3) is 0.222. The minimum absolute atomic E-state index is 0.394. The van der Waals surface area contributed by atoms with Gasteiger partial charge < -0.3 is 10.8 Å². The Morgan fingerprint density at radius 3 is 2.29 bits per heavy atom. The number of benzene rings is 1. The summed E-state index contributed by atoms with van der Waals surface area (Å²) in [5.74, 6) is -5.27. The van der Waals surface area contributed by atoms with E-state index in [0.717, 1.165) is 12.1 Å². The highest BCUT2D eigenvalue weighted by molar-refractivity contribution is 5.74. The first-order valence-electron chi connectivity index (χ1n) is 3.88. The molecule has 0 saturated carbocycles. The average molecular weight is 201 g/mol. The van der Waals surface area contributed by atoms with Crippen LogP contribution in [0.15, 0.2) is 30.3 Å². The fourth-order valence-corrected chi connectivity index (χ4v) is 0.995. The van der Waals surface area contributed by atoms with Crippen LogP contribution in [0.5, 0.6) is 0 Å². The van der Waals surface area contributed by atoms with Gasteiger partial charge in [0.05, 0.1) is 0 Å². The van der Waals surface area contributed by atoms with Crippen LogP contribution in [-0.4, -0.2) is 17.1 Å². The number of alkyl halides is 2. The molecule has 0 saturated heterocycles. The summed E-state index contributed by atoms with van der Waals surface area (Å²) in [5, 5.41) is 8.37. The zero-order chi connectivity index (χ0) is 10.8. The van der Waals surface area contributed by atoms with Crippen molar-refractivity contribution in [3.05, 3.63) is 35.9 Å². The van der Waals surface area contributed by atoms with E-state index in [-0.39, 0.29) is 0 Å². The molecule has 1 rings (SSSR count). The summed E-state index contributed by atoms with van der Waals surface area (Å²) in [6.07, 6.45) is 0. The molecule has 76 valence electrons. The molecule has 0 aliphatic rings. The van der Waals surface area contributed by atoms with Crippen molar-refractivity contribution >= 4 is 5.97 Å². The highest BCUT2D eigenvalue weighted by Gasteiger charge is 2.43. The quantitative estimate of drug-likeness (QED) is 0.772. The number of carboxylic acid groups (broad SMARTS) is 1. The molecule has 3 nitrogen and oxygen atoms in total. The standard InChI is InChI=1S/C9H9F2NO2/c10-9(11,7(12)8(13)14)6-4-2-1-3-5-6/h1-5,7H,12H2,(H,13,14). The summed E-state index contributed by atoms with van der Waals surface area (Å²) in [6.45, 7) is 0. The number of rotatable bonds is 3. The lowest BCUT2D eigenvalue weighted by atomic mass is 10.0. The molecular weight excluding hydrogens is 192 g/mol. The van der Waals surface area contributed by atoms with Crippen LogP contribution in [0.1, 0.15) is 5.56 Å². The highest BCUT2D eigenvalue weighted by Crippen LogP contribution is 2.30. The van der Waals surface area contributed by atoms with Crippen molar-refractivity contribution in [2.24, 2.45) is 5.73 Å². The summed E-state index contributed by atoms with van der Waals surface area (Å²) in [5.41, 5.74) is 4.48. The molecule has 3 N–H and O–H groups in total. The van der Waals surface area contributed by atoms with E-state index in [1.807, 2.05) is 0 Å². The van der Waals surface area contributed by atoms with Crippen LogP contribution in [0.3, 0.4) is 0 Å². The Morgan fingerprint density at radius 2 is 1.86 bits per heavy atom. The van der Waals surface area contributed by atoms with Crippen molar-refractivity contribution in [3.63, 3.8) is 0 Å². The van der Waals surface area contributed by atoms with Crippen LogP contribution in [0.4, 0.5) is 8.78 Å². The summed E-state index contributed by atoms with van der Waals surface area (Å²) >= 11 is 0. The van der Waals surface area contributed by atoms with Gasteiger partial charge in [0.2, 0.25) is 0 Å². The maximum atomic E-state index is 13.3. The molecule has 0 heterocycles. The largest absolute Gasteiger partial charge is 0.480 e. The number of hydrogen-bond acceptors (Lipinski definition) is 2. The molecule has 0 amide bonds. The van der Waals surface area contributed by atoms with Crippen LogP contribution < -0.4 is 5.73 Å². The van der Waals surface area contributed by atoms with E-state index in [9.17, 15) is 13.6 Å². The van der Waals surface area contributed by atoms with Gasteiger partial charge in [-0.3, -0.25) is 4.79 Å². The van der Waals surface area contributed by atoms with Gasteiger partial charge in [-0.15, -0.1) is 0 Å². The molecule has 0 bridgehead atoms. The van der Waals surface area contributed by atoms with Gasteiger partial charge in [-0.25, -0.2) is 0 Å². The Morgan fingerprint density at radius 1 is 1.36 bits per heavy atom. The van der Waals surface area contributed by atoms with Gasteiger partial charge in [-0.1, -0.05) is 30.3 Å². The third-order valence-corrected chi connectivity index (χ3v) is 1.82. The van der Waals surface area contributed by atoms with Gasteiger partial charge in [0.25, 0.3) is 5.92 Å². The van der Waals surface area contributed by atoms with Crippen molar-refractivity contribution in [2.75, 3.05) is 0 Å². The second kappa shape index (κ2) is 3.71. The number of carbonyl (C=O) groups is 1. The van der Waals surface area contributed by atoms with Crippen LogP contribution in [0.25, 0.3) is 0 Å². The van der Waals surface area contributed by atoms with Crippen molar-refractivity contribution in [3.8, 4) is 0 Å². The molecular formula is C9H9F2NO2. The van der Waals surface area contributed by atoms with Crippen molar-refractivity contribution in [1.82, 2.24) is 0 Å². The fourth-order valence-electron chi connectivity index (χ4n) is 0.995. The van der Waals surface area contributed by atoms with E-state index in [0.29, 0.717) is 0 Å². The second-order valence-electron chi connectivity index (χ2n) is 2.80. The molecule has 0 radical (unpaired) electrons. The molecule has 0 aliphatic heterocycles. The van der Waals surface area contributed by atoms with Crippen LogP contribution in [0, 0.1) is 0 Å². The molecule has 0 aromatic heterocycles. The predicted octanol–water partition coefficient (Wildman–Crippen LogP) is 1.19. The smallest absolute Gasteiger partial charge is 0.327 e. The minimum atomic E-state index is -3.55. The van der Waals surface area contributed by atoms with E-state index >= 15 is 0 Å². The zero-order valence-corrected chi connectivity index (χ0v) is 7.15. The molecule has 1 aromatic rings. The van der Waals surface area contributed by atoms with E-state index in [1.165, 1.54) is 12.1 Å². The Bertz CT molecular complexity index is 327. The molecule has 0 aliphatic carbocycles. The monoisotopic (exact) mass is 201 g/mol. The maximum Gasteiger partial charge on any atom is 0.327 e. The second-order valence-corrected chi connectivity index (χ2v) is 2.80. The molecule has 0 fully saturated rings. The maximum absolute atomic E-state index is 13.3. The highest BCUT2D eigenvalue weighted by atomic mass is 19.3. The molecule has 1 atom stereocenters. The third kappa shape index (κ3) is 1.88. The predicted molar refractivity (Wildman–Crippen MR) is 45.9 cm³/mol. The SMILES string of the molecule is NC(C(=O)O)C(F)(F)c1ccccc1. The van der Waals surface area contributed by atoms with Crippen molar-refractivity contribution in [2.45, 2.75) is 12.0 Å². The van der Waals surface area contributed by atoms with Crippen LogP contribution >= 0.6 is 0 Å². The normalized spacial score (nSPS) is 13.6. The van der Waals surface area contributed by atoms with Gasteiger partial charge in [-0.05, 0) is 0 Å². The average Bonchev–Trinajstić information content (AvgIpc) is 2.18. The first-order chi connectivity index (χ1) is 6.46. The Labute approximate surface area is 79.2 Å². The summed E-state index contributed by atoms with van der Waals surface area (Å²) < 4.78 is 26.6. The van der Waals surface area contributed by atoms with Gasteiger partial charge in [0.1, 0.15) is 0 Å².